The minimum Gasteiger partial charge on any atom is -0.491 e. The number of nitrogens with one attached hydrogen (secondary N) is 1. The molecule has 0 spiro atoms. The summed E-state index contributed by atoms with van der Waals surface area (Å²) in [6, 6.07) is 10.3. The molecule has 0 radical (unpaired) electrons. The maximum atomic E-state index is 13.8. The van der Waals surface area contributed by atoms with E-state index in [1.54, 1.807) is 18.2 Å². The second-order valence-corrected chi connectivity index (χ2v) is 10.5. The summed E-state index contributed by atoms with van der Waals surface area (Å²) in [7, 11) is -0.538. The minimum absolute atomic E-state index is 0.182. The van der Waals surface area contributed by atoms with Gasteiger partial charge in [0.05, 0.1) is 11.5 Å². The fourth-order valence-electron chi connectivity index (χ4n) is 3.92. The van der Waals surface area contributed by atoms with Crippen molar-refractivity contribution in [3.8, 4) is 5.75 Å². The van der Waals surface area contributed by atoms with Gasteiger partial charge in [-0.05, 0) is 55.7 Å². The summed E-state index contributed by atoms with van der Waals surface area (Å²) in [5.74, 6) is -0.0441. The number of aromatic nitrogens is 1. The number of fused-ring (bicyclic) bond motifs is 1. The number of sulfonamides is 1. The van der Waals surface area contributed by atoms with E-state index in [0.29, 0.717) is 29.5 Å². The van der Waals surface area contributed by atoms with Gasteiger partial charge >= 0.3 is 0 Å². The molecule has 0 atom stereocenters. The number of benzene rings is 2. The largest absolute Gasteiger partial charge is 0.491 e. The number of likely N-dealkylation sites (tertiary alicyclic amines) is 1. The molecule has 10 heteroatoms. The van der Waals surface area contributed by atoms with Crippen LogP contribution in [0.5, 0.6) is 5.75 Å². The molecule has 0 saturated carbocycles. The Bertz CT molecular complexity index is 1220. The van der Waals surface area contributed by atoms with E-state index in [-0.39, 0.29) is 16.8 Å². The highest BCUT2D eigenvalue weighted by Gasteiger charge is 2.22. The van der Waals surface area contributed by atoms with Crippen molar-refractivity contribution in [2.45, 2.75) is 37.2 Å². The Labute approximate surface area is 193 Å². The molecular weight excluding hydrogens is 447 g/mol. The topological polar surface area (TPSA) is 87.9 Å². The molecule has 1 saturated heterocycles. The van der Waals surface area contributed by atoms with Gasteiger partial charge in [0.2, 0.25) is 10.0 Å². The first-order chi connectivity index (χ1) is 15.8. The maximum absolute atomic E-state index is 13.8. The summed E-state index contributed by atoms with van der Waals surface area (Å²) >= 11 is 0. The van der Waals surface area contributed by atoms with Crippen LogP contribution in [0.25, 0.3) is 11.1 Å². The molecule has 2 aromatic carbocycles. The SMILES string of the molecule is CCOc1cc(CN2CCC(Nc3nc4cc(S(=O)(=O)N(C)C)ccc4o3)CC2)ccc1F. The highest BCUT2D eigenvalue weighted by Crippen LogP contribution is 2.26. The van der Waals surface area contributed by atoms with Crippen LogP contribution in [0.4, 0.5) is 10.4 Å². The molecule has 4 rings (SSSR count). The number of hydrogen-bond donors (Lipinski definition) is 1. The van der Waals surface area contributed by atoms with Gasteiger partial charge in [-0.1, -0.05) is 6.07 Å². The second-order valence-electron chi connectivity index (χ2n) is 8.33. The lowest BCUT2D eigenvalue weighted by atomic mass is 10.0. The van der Waals surface area contributed by atoms with Gasteiger partial charge in [-0.3, -0.25) is 4.90 Å². The number of oxazole rings is 1. The van der Waals surface area contributed by atoms with Crippen LogP contribution in [0, 0.1) is 5.82 Å². The summed E-state index contributed by atoms with van der Waals surface area (Å²) in [4.78, 5) is 6.95. The number of ether oxygens (including phenoxy) is 1. The van der Waals surface area contributed by atoms with Gasteiger partial charge in [0.25, 0.3) is 6.01 Å². The van der Waals surface area contributed by atoms with Gasteiger partial charge in [-0.15, -0.1) is 0 Å². The summed E-state index contributed by atoms with van der Waals surface area (Å²) in [6.45, 7) is 4.76. The molecular formula is C23H29FN4O4S. The number of hydrogen-bond acceptors (Lipinski definition) is 7. The number of rotatable bonds is 8. The number of halogens is 1. The van der Waals surface area contributed by atoms with Gasteiger partial charge < -0.3 is 14.5 Å². The molecule has 33 heavy (non-hydrogen) atoms. The zero-order valence-corrected chi connectivity index (χ0v) is 19.9. The molecule has 2 heterocycles. The number of piperidine rings is 1. The first kappa shape index (κ1) is 23.5. The molecule has 1 fully saturated rings. The van der Waals surface area contributed by atoms with E-state index in [0.717, 1.165) is 38.0 Å². The van der Waals surface area contributed by atoms with Crippen LogP contribution in [0.2, 0.25) is 0 Å². The molecule has 1 N–H and O–H groups in total. The quantitative estimate of drug-likeness (QED) is 0.530. The van der Waals surface area contributed by atoms with Crippen LogP contribution in [0.3, 0.4) is 0 Å². The standard InChI is InChI=1S/C23H29FN4O4S/c1-4-31-22-13-16(5-7-19(22)24)15-28-11-9-17(10-12-28)25-23-26-20-14-18(6-8-21(20)32-23)33(29,30)27(2)3/h5-8,13-14,17H,4,9-12,15H2,1-3H3,(H,25,26). The van der Waals surface area contributed by atoms with Gasteiger partial charge in [-0.25, -0.2) is 17.1 Å². The Balaban J connectivity index is 1.36. The molecule has 8 nitrogen and oxygen atoms in total. The Morgan fingerprint density at radius 3 is 2.67 bits per heavy atom. The molecule has 0 aliphatic carbocycles. The van der Waals surface area contributed by atoms with Crippen LogP contribution in [0.15, 0.2) is 45.7 Å². The first-order valence-electron chi connectivity index (χ1n) is 11.0. The van der Waals surface area contributed by atoms with Gasteiger partial charge in [0, 0.05) is 39.8 Å². The van der Waals surface area contributed by atoms with Crippen molar-refractivity contribution in [3.05, 3.63) is 47.8 Å². The van der Waals surface area contributed by atoms with Crippen molar-refractivity contribution in [2.24, 2.45) is 0 Å². The zero-order valence-electron chi connectivity index (χ0n) is 19.0. The van der Waals surface area contributed by atoms with Crippen LogP contribution in [-0.2, 0) is 16.6 Å². The molecule has 1 aromatic heterocycles. The van der Waals surface area contributed by atoms with Crippen LogP contribution in [-0.4, -0.2) is 62.4 Å². The van der Waals surface area contributed by atoms with E-state index < -0.39 is 10.0 Å². The fourth-order valence-corrected chi connectivity index (χ4v) is 4.84. The normalized spacial score (nSPS) is 15.9. The Hall–Kier alpha value is -2.69. The summed E-state index contributed by atoms with van der Waals surface area (Å²) in [5, 5.41) is 3.34. The predicted octanol–water partition coefficient (Wildman–Crippen LogP) is 3.69. The van der Waals surface area contributed by atoms with Crippen molar-refractivity contribution >= 4 is 27.1 Å². The fraction of sp³-hybridized carbons (Fsp3) is 0.435. The average Bonchev–Trinajstić information content (AvgIpc) is 3.19. The first-order valence-corrected chi connectivity index (χ1v) is 12.4. The van der Waals surface area contributed by atoms with Crippen LogP contribution >= 0.6 is 0 Å². The molecule has 1 aliphatic heterocycles. The average molecular weight is 477 g/mol. The summed E-state index contributed by atoms with van der Waals surface area (Å²) in [5.41, 5.74) is 2.06. The van der Waals surface area contributed by atoms with E-state index in [1.165, 1.54) is 36.6 Å². The van der Waals surface area contributed by atoms with Crippen molar-refractivity contribution in [1.29, 1.82) is 0 Å². The van der Waals surface area contributed by atoms with E-state index in [1.807, 2.05) is 6.92 Å². The Morgan fingerprint density at radius 1 is 1.21 bits per heavy atom. The van der Waals surface area contributed by atoms with Gasteiger partial charge in [0.15, 0.2) is 17.1 Å². The second kappa shape index (κ2) is 9.66. The molecule has 1 aliphatic rings. The third-order valence-electron chi connectivity index (χ3n) is 5.75. The molecule has 0 unspecified atom stereocenters. The Kier molecular flexibility index (Phi) is 6.87. The van der Waals surface area contributed by atoms with Crippen molar-refractivity contribution in [3.63, 3.8) is 0 Å². The molecule has 178 valence electrons. The van der Waals surface area contributed by atoms with Crippen LogP contribution < -0.4 is 10.1 Å². The Morgan fingerprint density at radius 2 is 1.97 bits per heavy atom. The maximum Gasteiger partial charge on any atom is 0.295 e. The van der Waals surface area contributed by atoms with Gasteiger partial charge in [-0.2, -0.15) is 4.98 Å². The van der Waals surface area contributed by atoms with E-state index in [4.69, 9.17) is 9.15 Å². The highest BCUT2D eigenvalue weighted by molar-refractivity contribution is 7.89. The highest BCUT2D eigenvalue weighted by atomic mass is 32.2. The van der Waals surface area contributed by atoms with Crippen molar-refractivity contribution in [1.82, 2.24) is 14.2 Å². The molecule has 3 aromatic rings. The van der Waals surface area contributed by atoms with Crippen molar-refractivity contribution < 1.29 is 22.0 Å². The van der Waals surface area contributed by atoms with E-state index in [2.05, 4.69) is 15.2 Å². The smallest absolute Gasteiger partial charge is 0.295 e. The third-order valence-corrected chi connectivity index (χ3v) is 7.57. The van der Waals surface area contributed by atoms with Gasteiger partial charge in [0.1, 0.15) is 5.52 Å². The minimum atomic E-state index is -3.53. The summed E-state index contributed by atoms with van der Waals surface area (Å²) < 4.78 is 50.8. The van der Waals surface area contributed by atoms with E-state index in [9.17, 15) is 12.8 Å². The number of anilines is 1. The predicted molar refractivity (Wildman–Crippen MR) is 124 cm³/mol. The lowest BCUT2D eigenvalue weighted by Crippen LogP contribution is -2.38. The van der Waals surface area contributed by atoms with E-state index >= 15 is 0 Å². The summed E-state index contributed by atoms with van der Waals surface area (Å²) in [6.07, 6.45) is 1.80. The zero-order chi connectivity index (χ0) is 23.6. The van der Waals surface area contributed by atoms with Crippen LogP contribution in [0.1, 0.15) is 25.3 Å². The van der Waals surface area contributed by atoms with Crippen molar-refractivity contribution in [2.75, 3.05) is 39.1 Å². The third kappa shape index (κ3) is 5.29. The molecule has 0 bridgehead atoms. The number of nitrogens with zero attached hydrogens (tertiary/aromatic N) is 3. The monoisotopic (exact) mass is 476 g/mol. The molecule has 0 amide bonds. The lowest BCUT2D eigenvalue weighted by molar-refractivity contribution is 0.210. The lowest BCUT2D eigenvalue weighted by Gasteiger charge is -2.32.